The van der Waals surface area contributed by atoms with E-state index < -0.39 is 11.7 Å². The minimum Gasteiger partial charge on any atom is -0.469 e. The summed E-state index contributed by atoms with van der Waals surface area (Å²) in [5.74, 6) is -0.247. The normalized spacial score (nSPS) is 22.9. The number of methoxy groups -OCH3 is 1. The first-order valence-electron chi connectivity index (χ1n) is 6.89. The van der Waals surface area contributed by atoms with Gasteiger partial charge >= 0.3 is 12.1 Å². The van der Waals surface area contributed by atoms with Crippen molar-refractivity contribution in [1.29, 1.82) is 0 Å². The van der Waals surface area contributed by atoms with E-state index in [4.69, 9.17) is 0 Å². The number of esters is 1. The fourth-order valence-electron chi connectivity index (χ4n) is 2.74. The molecule has 0 radical (unpaired) electrons. The topological polar surface area (TPSA) is 38.3 Å². The SMILES string of the molecule is COC(=O)C[C@@H]1CCCN[C@H]1c1ccc(C(F)(F)F)cc1. The molecule has 1 heterocycles. The van der Waals surface area contributed by atoms with Gasteiger partial charge in [0.15, 0.2) is 0 Å². The van der Waals surface area contributed by atoms with Crippen molar-refractivity contribution >= 4 is 5.97 Å². The average Bonchev–Trinajstić information content (AvgIpc) is 2.47. The van der Waals surface area contributed by atoms with E-state index in [1.54, 1.807) is 0 Å². The fraction of sp³-hybridized carbons (Fsp3) is 0.533. The Morgan fingerprint density at radius 1 is 1.33 bits per heavy atom. The number of carbonyl (C=O) groups excluding carboxylic acids is 1. The van der Waals surface area contributed by atoms with E-state index in [9.17, 15) is 18.0 Å². The van der Waals surface area contributed by atoms with Crippen molar-refractivity contribution in [2.24, 2.45) is 5.92 Å². The lowest BCUT2D eigenvalue weighted by atomic mass is 9.84. The summed E-state index contributed by atoms with van der Waals surface area (Å²) in [6, 6.07) is 5.02. The van der Waals surface area contributed by atoms with Crippen LogP contribution in [0.2, 0.25) is 0 Å². The highest BCUT2D eigenvalue weighted by Crippen LogP contribution is 2.34. The number of hydrogen-bond donors (Lipinski definition) is 1. The van der Waals surface area contributed by atoms with Gasteiger partial charge in [-0.2, -0.15) is 13.2 Å². The molecule has 1 aromatic carbocycles. The number of halogens is 3. The molecule has 3 nitrogen and oxygen atoms in total. The quantitative estimate of drug-likeness (QED) is 0.871. The van der Waals surface area contributed by atoms with Crippen LogP contribution in [-0.2, 0) is 15.7 Å². The molecule has 1 aromatic rings. The van der Waals surface area contributed by atoms with Gasteiger partial charge in [0, 0.05) is 6.04 Å². The number of alkyl halides is 3. The summed E-state index contributed by atoms with van der Waals surface area (Å²) in [5.41, 5.74) is 0.114. The van der Waals surface area contributed by atoms with Crippen LogP contribution in [0.4, 0.5) is 13.2 Å². The highest BCUT2D eigenvalue weighted by molar-refractivity contribution is 5.69. The van der Waals surface area contributed by atoms with E-state index in [2.05, 4.69) is 10.1 Å². The van der Waals surface area contributed by atoms with Crippen LogP contribution in [-0.4, -0.2) is 19.6 Å². The number of nitrogens with one attached hydrogen (secondary N) is 1. The van der Waals surface area contributed by atoms with Crippen molar-refractivity contribution in [1.82, 2.24) is 5.32 Å². The van der Waals surface area contributed by atoms with Crippen LogP contribution in [0.5, 0.6) is 0 Å². The largest absolute Gasteiger partial charge is 0.469 e. The van der Waals surface area contributed by atoms with Gasteiger partial charge in [-0.3, -0.25) is 4.79 Å². The molecular formula is C15H18F3NO2. The Bertz CT molecular complexity index is 485. The smallest absolute Gasteiger partial charge is 0.416 e. The van der Waals surface area contributed by atoms with Gasteiger partial charge in [0.25, 0.3) is 0 Å². The summed E-state index contributed by atoms with van der Waals surface area (Å²) >= 11 is 0. The van der Waals surface area contributed by atoms with Crippen LogP contribution in [0.15, 0.2) is 24.3 Å². The average molecular weight is 301 g/mol. The molecule has 0 spiro atoms. The van der Waals surface area contributed by atoms with Crippen LogP contribution in [0.3, 0.4) is 0 Å². The Morgan fingerprint density at radius 2 is 2.00 bits per heavy atom. The van der Waals surface area contributed by atoms with Crippen LogP contribution in [0, 0.1) is 5.92 Å². The van der Waals surface area contributed by atoms with E-state index in [0.717, 1.165) is 37.1 Å². The fourth-order valence-corrected chi connectivity index (χ4v) is 2.74. The number of carbonyl (C=O) groups is 1. The molecule has 6 heteroatoms. The molecule has 2 atom stereocenters. The van der Waals surface area contributed by atoms with Gasteiger partial charge in [-0.1, -0.05) is 12.1 Å². The second-order valence-corrected chi connectivity index (χ2v) is 5.23. The van der Waals surface area contributed by atoms with Crippen LogP contribution < -0.4 is 5.32 Å². The maximum atomic E-state index is 12.6. The molecule has 0 aromatic heterocycles. The first-order valence-corrected chi connectivity index (χ1v) is 6.89. The van der Waals surface area contributed by atoms with E-state index >= 15 is 0 Å². The third-order valence-electron chi connectivity index (χ3n) is 3.84. The van der Waals surface area contributed by atoms with Gasteiger partial charge in [0.2, 0.25) is 0 Å². The lowest BCUT2D eigenvalue weighted by Crippen LogP contribution is -2.35. The van der Waals surface area contributed by atoms with Crippen molar-refractivity contribution in [2.75, 3.05) is 13.7 Å². The summed E-state index contributed by atoms with van der Waals surface area (Å²) in [6.45, 7) is 0.795. The summed E-state index contributed by atoms with van der Waals surface area (Å²) in [7, 11) is 1.34. The summed E-state index contributed by atoms with van der Waals surface area (Å²) in [4.78, 5) is 11.4. The number of ether oxygens (including phenoxy) is 1. The van der Waals surface area contributed by atoms with E-state index in [1.165, 1.54) is 19.2 Å². The molecule has 2 rings (SSSR count). The highest BCUT2D eigenvalue weighted by atomic mass is 19.4. The Kier molecular flexibility index (Phi) is 4.88. The lowest BCUT2D eigenvalue weighted by molar-refractivity contribution is -0.142. The van der Waals surface area contributed by atoms with Gasteiger partial charge in [0.1, 0.15) is 0 Å². The van der Waals surface area contributed by atoms with E-state index in [0.29, 0.717) is 0 Å². The van der Waals surface area contributed by atoms with Gasteiger partial charge in [-0.15, -0.1) is 0 Å². The third kappa shape index (κ3) is 3.97. The molecule has 1 aliphatic heterocycles. The second kappa shape index (κ2) is 6.47. The number of rotatable bonds is 3. The first kappa shape index (κ1) is 15.8. The predicted molar refractivity (Wildman–Crippen MR) is 71.5 cm³/mol. The molecule has 0 saturated carbocycles. The lowest BCUT2D eigenvalue weighted by Gasteiger charge is -2.32. The predicted octanol–water partition coefficient (Wildman–Crippen LogP) is 3.31. The molecule has 1 saturated heterocycles. The molecule has 116 valence electrons. The van der Waals surface area contributed by atoms with Crippen molar-refractivity contribution in [3.8, 4) is 0 Å². The molecule has 0 amide bonds. The zero-order valence-electron chi connectivity index (χ0n) is 11.7. The van der Waals surface area contributed by atoms with Gasteiger partial charge in [-0.05, 0) is 43.0 Å². The minimum absolute atomic E-state index is 0.0444. The van der Waals surface area contributed by atoms with Gasteiger partial charge < -0.3 is 10.1 Å². The molecule has 0 aliphatic carbocycles. The monoisotopic (exact) mass is 301 g/mol. The molecule has 1 N–H and O–H groups in total. The van der Waals surface area contributed by atoms with Crippen molar-refractivity contribution in [3.63, 3.8) is 0 Å². The zero-order chi connectivity index (χ0) is 15.5. The number of piperidine rings is 1. The van der Waals surface area contributed by atoms with Crippen molar-refractivity contribution < 1.29 is 22.7 Å². The molecular weight excluding hydrogens is 283 g/mol. The van der Waals surface area contributed by atoms with Crippen LogP contribution in [0.1, 0.15) is 36.4 Å². The molecule has 21 heavy (non-hydrogen) atoms. The van der Waals surface area contributed by atoms with Crippen molar-refractivity contribution in [2.45, 2.75) is 31.5 Å². The third-order valence-corrected chi connectivity index (χ3v) is 3.84. The first-order chi connectivity index (χ1) is 9.91. The molecule has 0 bridgehead atoms. The molecule has 0 unspecified atom stereocenters. The Hall–Kier alpha value is -1.56. The Labute approximate surface area is 121 Å². The maximum absolute atomic E-state index is 12.6. The highest BCUT2D eigenvalue weighted by Gasteiger charge is 2.32. The Balaban J connectivity index is 2.15. The number of benzene rings is 1. The number of hydrogen-bond acceptors (Lipinski definition) is 3. The maximum Gasteiger partial charge on any atom is 0.416 e. The molecule has 1 fully saturated rings. The summed E-state index contributed by atoms with van der Waals surface area (Å²) in [5, 5.41) is 3.28. The molecule has 1 aliphatic rings. The second-order valence-electron chi connectivity index (χ2n) is 5.23. The van der Waals surface area contributed by atoms with Crippen molar-refractivity contribution in [3.05, 3.63) is 35.4 Å². The van der Waals surface area contributed by atoms with Crippen LogP contribution >= 0.6 is 0 Å². The Morgan fingerprint density at radius 3 is 2.57 bits per heavy atom. The summed E-state index contributed by atoms with van der Waals surface area (Å²) < 4.78 is 42.4. The van der Waals surface area contributed by atoms with Gasteiger partial charge in [0.05, 0.1) is 19.1 Å². The van der Waals surface area contributed by atoms with E-state index in [1.807, 2.05) is 0 Å². The standard InChI is InChI=1S/C15H18F3NO2/c1-21-13(20)9-11-3-2-8-19-14(11)10-4-6-12(7-5-10)15(16,17)18/h4-7,11,14,19H,2-3,8-9H2,1H3/t11-,14-/m0/s1. The van der Waals surface area contributed by atoms with Crippen LogP contribution in [0.25, 0.3) is 0 Å². The van der Waals surface area contributed by atoms with Gasteiger partial charge in [-0.25, -0.2) is 0 Å². The minimum atomic E-state index is -4.33. The zero-order valence-corrected chi connectivity index (χ0v) is 11.7. The summed E-state index contributed by atoms with van der Waals surface area (Å²) in [6.07, 6.45) is -2.26. The van der Waals surface area contributed by atoms with E-state index in [-0.39, 0.29) is 24.3 Å².